The van der Waals surface area contributed by atoms with Crippen molar-refractivity contribution in [3.8, 4) is 0 Å². The Morgan fingerprint density at radius 1 is 1.15 bits per heavy atom. The lowest BCUT2D eigenvalue weighted by Crippen LogP contribution is -2.55. The molecule has 9 heteroatoms. The van der Waals surface area contributed by atoms with Crippen molar-refractivity contribution in [2.24, 2.45) is 5.41 Å². The van der Waals surface area contributed by atoms with Crippen molar-refractivity contribution in [3.63, 3.8) is 0 Å². The van der Waals surface area contributed by atoms with Crippen LogP contribution in [0.2, 0.25) is 5.11 Å². The number of hydrogen-bond acceptors (Lipinski definition) is 4. The first-order valence-corrected chi connectivity index (χ1v) is 10.1. The number of rotatable bonds is 3. The third kappa shape index (κ3) is 4.03. The molecule has 2 atom stereocenters. The average molecular weight is 365 g/mol. The summed E-state index contributed by atoms with van der Waals surface area (Å²) in [5.74, 6) is 0.199. The first kappa shape index (κ1) is 19.2. The topological polar surface area (TPSA) is 61.9 Å². The maximum absolute atomic E-state index is 12.5. The summed E-state index contributed by atoms with van der Waals surface area (Å²) in [5, 5.41) is 1.50. The summed E-state index contributed by atoms with van der Waals surface area (Å²) in [5.41, 5.74) is 0.177. The maximum Gasteiger partial charge on any atom is 0.410 e. The Labute approximate surface area is 165 Å². The van der Waals surface area contributed by atoms with Gasteiger partial charge in [-0.25, -0.2) is 4.79 Å². The second-order valence-electron chi connectivity index (χ2n) is 9.07. The van der Waals surface area contributed by atoms with E-state index in [0.29, 0.717) is 12.5 Å². The zero-order chi connectivity index (χ0) is 19.2. The number of nitrogens with one attached hydrogen (secondary N) is 1. The Bertz CT molecular complexity index is 590. The minimum atomic E-state index is -1.49. The van der Waals surface area contributed by atoms with Gasteiger partial charge in [0.2, 0.25) is 5.91 Å². The molecule has 1 N–H and O–H groups in total. The highest BCUT2D eigenvalue weighted by molar-refractivity contribution is 6.59. The van der Waals surface area contributed by atoms with Gasteiger partial charge in [0.15, 0.2) is 0 Å². The number of ether oxygens (including phenoxy) is 1. The molecule has 2 amide bonds. The summed E-state index contributed by atoms with van der Waals surface area (Å²) < 4.78 is 5.24. The molecule has 2 bridgehead atoms. The number of likely N-dealkylation sites (tertiary alicyclic amines) is 1. The lowest BCUT2D eigenvalue weighted by atomic mass is 9.43. The van der Waals surface area contributed by atoms with E-state index in [9.17, 15) is 9.59 Å². The first-order chi connectivity index (χ1) is 12.7. The van der Waals surface area contributed by atoms with Crippen molar-refractivity contribution in [1.29, 1.82) is 0 Å². The molecule has 140 valence electrons. The lowest BCUT2D eigenvalue weighted by Gasteiger charge is -2.46. The van der Waals surface area contributed by atoms with Crippen LogP contribution in [-0.4, -0.2) is 89.7 Å². The van der Waals surface area contributed by atoms with E-state index in [-0.39, 0.29) is 36.1 Å². The number of nitrogens with zero attached hydrogens (tertiary/aromatic N) is 2. The molecule has 6 radical (unpaired) electrons. The molecule has 4 aliphatic heterocycles. The molecule has 0 saturated carbocycles. The minimum absolute atomic E-state index is 0.177. The SMILES string of the molecule is [B]C([B])([B])COC(=O)N1C2CCC1CC(N1CCC3(CC1)CNC(=O)C3)C2. The minimum Gasteiger partial charge on any atom is -0.451 e. The fraction of sp³-hybridized carbons (Fsp3) is 0.889. The van der Waals surface area contributed by atoms with E-state index in [2.05, 4.69) is 10.2 Å². The smallest absolute Gasteiger partial charge is 0.410 e. The number of carbonyl (C=O) groups is 2. The van der Waals surface area contributed by atoms with Gasteiger partial charge >= 0.3 is 6.09 Å². The Morgan fingerprint density at radius 3 is 2.30 bits per heavy atom. The van der Waals surface area contributed by atoms with Gasteiger partial charge in [-0.3, -0.25) is 4.79 Å². The predicted molar refractivity (Wildman–Crippen MR) is 104 cm³/mol. The van der Waals surface area contributed by atoms with E-state index in [1.54, 1.807) is 0 Å². The van der Waals surface area contributed by atoms with Crippen molar-refractivity contribution in [1.82, 2.24) is 15.1 Å². The second-order valence-corrected chi connectivity index (χ2v) is 9.07. The van der Waals surface area contributed by atoms with Crippen molar-refractivity contribution < 1.29 is 14.3 Å². The number of hydrogen-bond donors (Lipinski definition) is 1. The van der Waals surface area contributed by atoms with E-state index in [0.717, 1.165) is 58.2 Å². The van der Waals surface area contributed by atoms with E-state index < -0.39 is 5.11 Å². The maximum atomic E-state index is 12.5. The van der Waals surface area contributed by atoms with Crippen LogP contribution in [0.3, 0.4) is 0 Å². The van der Waals surface area contributed by atoms with Gasteiger partial charge in [-0.1, -0.05) is 5.11 Å². The zero-order valence-corrected chi connectivity index (χ0v) is 15.9. The van der Waals surface area contributed by atoms with Crippen molar-refractivity contribution in [2.75, 3.05) is 26.2 Å². The normalized spacial score (nSPS) is 33.3. The van der Waals surface area contributed by atoms with Crippen LogP contribution >= 0.6 is 0 Å². The van der Waals surface area contributed by atoms with Crippen LogP contribution in [-0.2, 0) is 9.53 Å². The summed E-state index contributed by atoms with van der Waals surface area (Å²) in [6.07, 6.45) is 6.49. The molecule has 1 spiro atoms. The summed E-state index contributed by atoms with van der Waals surface area (Å²) in [6, 6.07) is 0.941. The quantitative estimate of drug-likeness (QED) is 0.732. The van der Waals surface area contributed by atoms with Crippen LogP contribution in [0.1, 0.15) is 44.9 Å². The summed E-state index contributed by atoms with van der Waals surface area (Å²) in [6.45, 7) is 2.73. The number of carbonyl (C=O) groups excluding carboxylic acids is 2. The highest BCUT2D eigenvalue weighted by atomic mass is 16.6. The lowest BCUT2D eigenvalue weighted by molar-refractivity contribution is -0.119. The average Bonchev–Trinajstić information content (AvgIpc) is 3.09. The number of piperidine rings is 2. The van der Waals surface area contributed by atoms with Crippen LogP contribution in [0, 0.1) is 5.41 Å². The van der Waals surface area contributed by atoms with Gasteiger partial charge in [0.05, 0.1) is 30.1 Å². The molecule has 4 fully saturated rings. The molecule has 0 aliphatic carbocycles. The van der Waals surface area contributed by atoms with Crippen LogP contribution in [0.4, 0.5) is 4.79 Å². The molecular formula is C18H26B3N3O3. The molecule has 0 aromatic carbocycles. The van der Waals surface area contributed by atoms with E-state index >= 15 is 0 Å². The largest absolute Gasteiger partial charge is 0.451 e. The molecule has 4 saturated heterocycles. The molecule has 0 aromatic rings. The van der Waals surface area contributed by atoms with E-state index in [1.165, 1.54) is 0 Å². The summed E-state index contributed by atoms with van der Waals surface area (Å²) in [7, 11) is 16.5. The van der Waals surface area contributed by atoms with E-state index in [4.69, 9.17) is 28.3 Å². The van der Waals surface area contributed by atoms with Crippen molar-refractivity contribution >= 4 is 35.5 Å². The highest BCUT2D eigenvalue weighted by Gasteiger charge is 2.47. The molecule has 2 unspecified atom stereocenters. The molecular weight excluding hydrogens is 339 g/mol. The molecule has 0 aromatic heterocycles. The zero-order valence-electron chi connectivity index (χ0n) is 15.9. The Hall–Kier alpha value is -1.11. The van der Waals surface area contributed by atoms with Crippen LogP contribution < -0.4 is 5.32 Å². The predicted octanol–water partition coefficient (Wildman–Crippen LogP) is 0.300. The number of amides is 2. The molecule has 4 heterocycles. The van der Waals surface area contributed by atoms with Gasteiger partial charge in [0.1, 0.15) is 0 Å². The standard InChI is InChI=1S/C18H26B3N3O3/c19-18(20,21)11-27-16(26)24-12-1-2-13(24)8-14(7-12)23-5-3-17(4-6-23)9-15(25)22-10-17/h12-14H,1-11H2,(H,22,25). The van der Waals surface area contributed by atoms with Crippen molar-refractivity contribution in [3.05, 3.63) is 0 Å². The second kappa shape index (κ2) is 7.05. The Morgan fingerprint density at radius 2 is 1.78 bits per heavy atom. The third-order valence-corrected chi connectivity index (χ3v) is 6.94. The van der Waals surface area contributed by atoms with Gasteiger partial charge in [-0.2, -0.15) is 0 Å². The first-order valence-electron chi connectivity index (χ1n) is 10.1. The van der Waals surface area contributed by atoms with Gasteiger partial charge in [0.25, 0.3) is 0 Å². The molecule has 4 aliphatic rings. The Kier molecular flexibility index (Phi) is 5.02. The van der Waals surface area contributed by atoms with Crippen LogP contribution in [0.15, 0.2) is 0 Å². The van der Waals surface area contributed by atoms with E-state index in [1.807, 2.05) is 4.90 Å². The monoisotopic (exact) mass is 365 g/mol. The van der Waals surface area contributed by atoms with Crippen LogP contribution in [0.5, 0.6) is 0 Å². The van der Waals surface area contributed by atoms with Crippen molar-refractivity contribution in [2.45, 2.75) is 68.2 Å². The highest BCUT2D eigenvalue weighted by Crippen LogP contribution is 2.42. The molecule has 6 nitrogen and oxygen atoms in total. The fourth-order valence-electron chi connectivity index (χ4n) is 5.47. The fourth-order valence-corrected chi connectivity index (χ4v) is 5.47. The van der Waals surface area contributed by atoms with Crippen LogP contribution in [0.25, 0.3) is 0 Å². The Balaban J connectivity index is 1.31. The van der Waals surface area contributed by atoms with Gasteiger partial charge in [0, 0.05) is 31.1 Å². The van der Waals surface area contributed by atoms with Gasteiger partial charge < -0.3 is 19.9 Å². The summed E-state index contributed by atoms with van der Waals surface area (Å²) in [4.78, 5) is 28.5. The molecule has 27 heavy (non-hydrogen) atoms. The number of fused-ring (bicyclic) bond motifs is 2. The third-order valence-electron chi connectivity index (χ3n) is 6.94. The summed E-state index contributed by atoms with van der Waals surface area (Å²) >= 11 is 0. The van der Waals surface area contributed by atoms with Gasteiger partial charge in [-0.05, 0) is 57.0 Å². The van der Waals surface area contributed by atoms with Gasteiger partial charge in [-0.15, -0.1) is 0 Å². The molecule has 4 rings (SSSR count).